The van der Waals surface area contributed by atoms with Gasteiger partial charge in [-0.2, -0.15) is 0 Å². The van der Waals surface area contributed by atoms with E-state index < -0.39 is 0 Å². The molecule has 18 heavy (non-hydrogen) atoms. The first-order valence-corrected chi connectivity index (χ1v) is 5.98. The van der Waals surface area contributed by atoms with E-state index in [1.807, 2.05) is 31.2 Å². The summed E-state index contributed by atoms with van der Waals surface area (Å²) in [6.07, 6.45) is 1.72. The number of furan rings is 1. The van der Waals surface area contributed by atoms with Crippen LogP contribution in [0.25, 0.3) is 0 Å². The van der Waals surface area contributed by atoms with Gasteiger partial charge in [0.2, 0.25) is 5.88 Å². The van der Waals surface area contributed by atoms with Crippen molar-refractivity contribution >= 4 is 0 Å². The highest BCUT2D eigenvalue weighted by atomic mass is 16.5. The molecule has 0 amide bonds. The second kappa shape index (κ2) is 5.69. The minimum atomic E-state index is 0.156. The normalized spacial score (nSPS) is 12.4. The summed E-state index contributed by atoms with van der Waals surface area (Å²) < 4.78 is 10.8. The molecule has 2 rings (SSSR count). The van der Waals surface area contributed by atoms with Crippen molar-refractivity contribution in [3.63, 3.8) is 0 Å². The molecule has 96 valence electrons. The molecule has 1 unspecified atom stereocenters. The highest BCUT2D eigenvalue weighted by molar-refractivity contribution is 5.25. The second-order valence-corrected chi connectivity index (χ2v) is 4.22. The van der Waals surface area contributed by atoms with Gasteiger partial charge in [0.15, 0.2) is 0 Å². The van der Waals surface area contributed by atoms with Crippen LogP contribution in [0.5, 0.6) is 5.88 Å². The smallest absolute Gasteiger partial charge is 0.217 e. The van der Waals surface area contributed by atoms with E-state index in [1.54, 1.807) is 13.3 Å². The largest absolute Gasteiger partial charge is 0.481 e. The molecule has 2 aromatic rings. The number of ether oxygens (including phenoxy) is 1. The number of nitrogens with zero attached hydrogens (tertiary/aromatic N) is 1. The Kier molecular flexibility index (Phi) is 3.99. The number of pyridine rings is 1. The fourth-order valence-electron chi connectivity index (χ4n) is 1.79. The van der Waals surface area contributed by atoms with Gasteiger partial charge in [-0.05, 0) is 32.0 Å². The van der Waals surface area contributed by atoms with E-state index in [9.17, 15) is 0 Å². The van der Waals surface area contributed by atoms with Crippen LogP contribution in [0.15, 0.2) is 34.9 Å². The standard InChI is InChI=1S/C14H18N2O2/c1-10-6-7-13(18-10)11(2)16-9-12-5-4-8-15-14(12)17-3/h4-8,11,16H,9H2,1-3H3. The molecule has 0 spiro atoms. The highest BCUT2D eigenvalue weighted by Gasteiger charge is 2.10. The number of rotatable bonds is 5. The Balaban J connectivity index is 1.99. The molecule has 0 aromatic carbocycles. The first kappa shape index (κ1) is 12.6. The van der Waals surface area contributed by atoms with Crippen LogP contribution in [-0.4, -0.2) is 12.1 Å². The number of aromatic nitrogens is 1. The molecular formula is C14H18N2O2. The van der Waals surface area contributed by atoms with Gasteiger partial charge >= 0.3 is 0 Å². The van der Waals surface area contributed by atoms with E-state index in [1.165, 1.54) is 0 Å². The number of hydrogen-bond donors (Lipinski definition) is 1. The zero-order valence-corrected chi connectivity index (χ0v) is 10.9. The zero-order chi connectivity index (χ0) is 13.0. The van der Waals surface area contributed by atoms with E-state index in [-0.39, 0.29) is 6.04 Å². The third kappa shape index (κ3) is 2.90. The van der Waals surface area contributed by atoms with E-state index in [0.29, 0.717) is 12.4 Å². The Labute approximate surface area is 107 Å². The van der Waals surface area contributed by atoms with Gasteiger partial charge in [-0.25, -0.2) is 4.98 Å². The Morgan fingerprint density at radius 2 is 2.22 bits per heavy atom. The third-order valence-electron chi connectivity index (χ3n) is 2.83. The van der Waals surface area contributed by atoms with Gasteiger partial charge in [0.25, 0.3) is 0 Å². The van der Waals surface area contributed by atoms with Crippen LogP contribution in [0.3, 0.4) is 0 Å². The molecule has 0 fully saturated rings. The van der Waals surface area contributed by atoms with E-state index in [2.05, 4.69) is 17.2 Å². The molecule has 0 bridgehead atoms. The molecule has 0 saturated carbocycles. The predicted octanol–water partition coefficient (Wildman–Crippen LogP) is 2.84. The Bertz CT molecular complexity index is 508. The van der Waals surface area contributed by atoms with Crippen LogP contribution in [0, 0.1) is 6.92 Å². The summed E-state index contributed by atoms with van der Waals surface area (Å²) in [6, 6.07) is 8.02. The van der Waals surface area contributed by atoms with E-state index in [0.717, 1.165) is 17.1 Å². The lowest BCUT2D eigenvalue weighted by Crippen LogP contribution is -2.18. The lowest BCUT2D eigenvalue weighted by atomic mass is 10.2. The minimum absolute atomic E-state index is 0.156. The molecule has 2 heterocycles. The van der Waals surface area contributed by atoms with Crippen molar-refractivity contribution < 1.29 is 9.15 Å². The van der Waals surface area contributed by atoms with Crippen molar-refractivity contribution in [2.75, 3.05) is 7.11 Å². The van der Waals surface area contributed by atoms with Gasteiger partial charge < -0.3 is 14.5 Å². The Hall–Kier alpha value is -1.81. The summed E-state index contributed by atoms with van der Waals surface area (Å²) in [5.74, 6) is 2.53. The van der Waals surface area contributed by atoms with Crippen molar-refractivity contribution in [2.45, 2.75) is 26.4 Å². The lowest BCUT2D eigenvalue weighted by molar-refractivity contribution is 0.383. The summed E-state index contributed by atoms with van der Waals surface area (Å²) in [6.45, 7) is 4.71. The highest BCUT2D eigenvalue weighted by Crippen LogP contribution is 2.18. The minimum Gasteiger partial charge on any atom is -0.481 e. The number of methoxy groups -OCH3 is 1. The molecule has 0 aliphatic carbocycles. The number of hydrogen-bond acceptors (Lipinski definition) is 4. The van der Waals surface area contributed by atoms with Gasteiger partial charge in [0, 0.05) is 18.3 Å². The second-order valence-electron chi connectivity index (χ2n) is 4.22. The molecule has 4 nitrogen and oxygen atoms in total. The van der Waals surface area contributed by atoms with Crippen molar-refractivity contribution in [3.05, 3.63) is 47.5 Å². The molecule has 0 radical (unpaired) electrons. The quantitative estimate of drug-likeness (QED) is 0.881. The van der Waals surface area contributed by atoms with Gasteiger partial charge in [-0.3, -0.25) is 0 Å². The monoisotopic (exact) mass is 246 g/mol. The van der Waals surface area contributed by atoms with Crippen LogP contribution >= 0.6 is 0 Å². The first-order chi connectivity index (χ1) is 8.70. The van der Waals surface area contributed by atoms with Gasteiger partial charge in [-0.15, -0.1) is 0 Å². The molecule has 0 aliphatic heterocycles. The maximum Gasteiger partial charge on any atom is 0.217 e. The molecule has 0 aliphatic rings. The molecule has 2 aromatic heterocycles. The molecule has 1 atom stereocenters. The molecular weight excluding hydrogens is 228 g/mol. The van der Waals surface area contributed by atoms with E-state index in [4.69, 9.17) is 9.15 Å². The van der Waals surface area contributed by atoms with Crippen molar-refractivity contribution in [2.24, 2.45) is 0 Å². The van der Waals surface area contributed by atoms with Crippen LogP contribution < -0.4 is 10.1 Å². The SMILES string of the molecule is COc1ncccc1CNC(C)c1ccc(C)o1. The van der Waals surface area contributed by atoms with Gasteiger partial charge in [0.05, 0.1) is 13.2 Å². The fraction of sp³-hybridized carbons (Fsp3) is 0.357. The Morgan fingerprint density at radius 1 is 1.39 bits per heavy atom. The van der Waals surface area contributed by atoms with Crippen LogP contribution in [0.4, 0.5) is 0 Å². The average Bonchev–Trinajstić information content (AvgIpc) is 2.83. The van der Waals surface area contributed by atoms with Gasteiger partial charge in [0.1, 0.15) is 11.5 Å². The summed E-state index contributed by atoms with van der Waals surface area (Å²) >= 11 is 0. The number of aryl methyl sites for hydroxylation is 1. The first-order valence-electron chi connectivity index (χ1n) is 5.98. The van der Waals surface area contributed by atoms with E-state index >= 15 is 0 Å². The van der Waals surface area contributed by atoms with Crippen molar-refractivity contribution in [3.8, 4) is 5.88 Å². The zero-order valence-electron chi connectivity index (χ0n) is 10.9. The molecule has 0 saturated heterocycles. The molecule has 1 N–H and O–H groups in total. The van der Waals surface area contributed by atoms with Crippen LogP contribution in [0.1, 0.15) is 30.0 Å². The third-order valence-corrected chi connectivity index (χ3v) is 2.83. The van der Waals surface area contributed by atoms with Crippen LogP contribution in [0.2, 0.25) is 0 Å². The fourth-order valence-corrected chi connectivity index (χ4v) is 1.79. The predicted molar refractivity (Wildman–Crippen MR) is 69.5 cm³/mol. The lowest BCUT2D eigenvalue weighted by Gasteiger charge is -2.12. The van der Waals surface area contributed by atoms with Crippen molar-refractivity contribution in [1.82, 2.24) is 10.3 Å². The summed E-state index contributed by atoms with van der Waals surface area (Å²) in [5.41, 5.74) is 1.04. The maximum atomic E-state index is 5.58. The van der Waals surface area contributed by atoms with Crippen molar-refractivity contribution in [1.29, 1.82) is 0 Å². The molecule has 4 heteroatoms. The maximum absolute atomic E-state index is 5.58. The van der Waals surface area contributed by atoms with Gasteiger partial charge in [-0.1, -0.05) is 6.07 Å². The number of nitrogens with one attached hydrogen (secondary N) is 1. The topological polar surface area (TPSA) is 47.3 Å². The summed E-state index contributed by atoms with van der Waals surface area (Å²) in [5, 5.41) is 3.39. The summed E-state index contributed by atoms with van der Waals surface area (Å²) in [4.78, 5) is 4.17. The average molecular weight is 246 g/mol. The van der Waals surface area contributed by atoms with Crippen LogP contribution in [-0.2, 0) is 6.54 Å². The summed E-state index contributed by atoms with van der Waals surface area (Å²) in [7, 11) is 1.63. The Morgan fingerprint density at radius 3 is 2.89 bits per heavy atom.